The summed E-state index contributed by atoms with van der Waals surface area (Å²) in [4.78, 5) is 0. The molecule has 0 aliphatic heterocycles. The van der Waals surface area contributed by atoms with Crippen LogP contribution >= 0.6 is 15.9 Å². The zero-order chi connectivity index (χ0) is 9.97. The van der Waals surface area contributed by atoms with Crippen molar-refractivity contribution in [2.75, 3.05) is 0 Å². The van der Waals surface area contributed by atoms with Crippen molar-refractivity contribution < 1.29 is 0 Å². The Hall–Kier alpha value is -1.09. The molecule has 1 aromatic heterocycles. The summed E-state index contributed by atoms with van der Waals surface area (Å²) in [6.07, 6.45) is 0. The van der Waals surface area contributed by atoms with Gasteiger partial charge in [0.05, 0.1) is 5.69 Å². The fourth-order valence-electron chi connectivity index (χ4n) is 1.47. The van der Waals surface area contributed by atoms with Gasteiger partial charge in [0.2, 0.25) is 0 Å². The second kappa shape index (κ2) is 3.96. The van der Waals surface area contributed by atoms with E-state index in [-0.39, 0.29) is 0 Å². The van der Waals surface area contributed by atoms with E-state index in [1.54, 1.807) is 0 Å². The van der Waals surface area contributed by atoms with Crippen molar-refractivity contribution in [1.29, 1.82) is 0 Å². The number of aromatic nitrogens is 2. The number of hydrogen-bond acceptors (Lipinski definition) is 1. The molecule has 0 unspecified atom stereocenters. The van der Waals surface area contributed by atoms with Crippen LogP contribution in [0.3, 0.4) is 0 Å². The van der Waals surface area contributed by atoms with E-state index in [0.717, 1.165) is 16.8 Å². The normalized spacial score (nSPS) is 10.4. The Bertz CT molecular complexity index is 420. The van der Waals surface area contributed by atoms with Crippen LogP contribution < -0.4 is 0 Å². The van der Waals surface area contributed by atoms with Gasteiger partial charge in [0, 0.05) is 6.54 Å². The van der Waals surface area contributed by atoms with Gasteiger partial charge in [-0.15, -0.1) is 0 Å². The Balaban J connectivity index is 2.51. The van der Waals surface area contributed by atoms with Crippen LogP contribution in [-0.4, -0.2) is 9.78 Å². The summed E-state index contributed by atoms with van der Waals surface area (Å²) in [6, 6.07) is 12.3. The number of halogens is 1. The van der Waals surface area contributed by atoms with Crippen molar-refractivity contribution in [3.8, 4) is 11.3 Å². The summed E-state index contributed by atoms with van der Waals surface area (Å²) in [5.41, 5.74) is 2.35. The van der Waals surface area contributed by atoms with Crippen molar-refractivity contribution in [3.63, 3.8) is 0 Å². The topological polar surface area (TPSA) is 17.8 Å². The van der Waals surface area contributed by atoms with E-state index in [9.17, 15) is 0 Å². The van der Waals surface area contributed by atoms with Crippen molar-refractivity contribution in [1.82, 2.24) is 9.78 Å². The van der Waals surface area contributed by atoms with E-state index in [1.807, 2.05) is 28.9 Å². The first-order chi connectivity index (χ1) is 6.81. The molecule has 0 bridgehead atoms. The molecule has 0 saturated carbocycles. The minimum atomic E-state index is 0.885. The maximum Gasteiger partial charge on any atom is 0.128 e. The number of hydrogen-bond donors (Lipinski definition) is 0. The lowest BCUT2D eigenvalue weighted by atomic mass is 10.1. The molecule has 0 N–H and O–H groups in total. The van der Waals surface area contributed by atoms with E-state index in [1.165, 1.54) is 5.56 Å². The lowest BCUT2D eigenvalue weighted by molar-refractivity contribution is 0.662. The van der Waals surface area contributed by atoms with Crippen LogP contribution in [-0.2, 0) is 6.54 Å². The highest BCUT2D eigenvalue weighted by molar-refractivity contribution is 9.10. The monoisotopic (exact) mass is 250 g/mol. The van der Waals surface area contributed by atoms with Gasteiger partial charge in [0.1, 0.15) is 4.60 Å². The Morgan fingerprint density at radius 1 is 1.29 bits per heavy atom. The molecule has 1 aromatic carbocycles. The van der Waals surface area contributed by atoms with Crippen LogP contribution in [0.15, 0.2) is 41.0 Å². The van der Waals surface area contributed by atoms with E-state index >= 15 is 0 Å². The lowest BCUT2D eigenvalue weighted by Crippen LogP contribution is -1.98. The van der Waals surface area contributed by atoms with E-state index in [2.05, 4.69) is 40.1 Å². The Labute approximate surface area is 91.7 Å². The molecule has 0 spiro atoms. The van der Waals surface area contributed by atoms with Gasteiger partial charge in [-0.05, 0) is 34.5 Å². The van der Waals surface area contributed by atoms with Crippen molar-refractivity contribution in [3.05, 3.63) is 41.0 Å². The van der Waals surface area contributed by atoms with Crippen LogP contribution in [0.4, 0.5) is 0 Å². The molecule has 72 valence electrons. The first kappa shape index (κ1) is 9.46. The number of aryl methyl sites for hydroxylation is 1. The van der Waals surface area contributed by atoms with Gasteiger partial charge >= 0.3 is 0 Å². The van der Waals surface area contributed by atoms with Crippen molar-refractivity contribution in [2.45, 2.75) is 13.5 Å². The minimum Gasteiger partial charge on any atom is -0.264 e. The first-order valence-electron chi connectivity index (χ1n) is 4.60. The summed E-state index contributed by atoms with van der Waals surface area (Å²) in [5.74, 6) is 0. The van der Waals surface area contributed by atoms with Gasteiger partial charge in [-0.2, -0.15) is 5.10 Å². The Morgan fingerprint density at radius 2 is 2.00 bits per heavy atom. The van der Waals surface area contributed by atoms with Gasteiger partial charge < -0.3 is 0 Å². The number of nitrogens with zero attached hydrogens (tertiary/aromatic N) is 2. The van der Waals surface area contributed by atoms with Crippen LogP contribution in [0.5, 0.6) is 0 Å². The molecule has 3 heteroatoms. The Kier molecular flexibility index (Phi) is 2.68. The van der Waals surface area contributed by atoms with Crippen LogP contribution in [0.1, 0.15) is 6.92 Å². The molecule has 0 aliphatic rings. The highest BCUT2D eigenvalue weighted by Gasteiger charge is 2.05. The molecule has 0 aliphatic carbocycles. The van der Waals surface area contributed by atoms with Crippen LogP contribution in [0.2, 0.25) is 0 Å². The minimum absolute atomic E-state index is 0.885. The van der Waals surface area contributed by atoms with Gasteiger partial charge in [-0.25, -0.2) is 0 Å². The molecule has 0 atom stereocenters. The second-order valence-electron chi connectivity index (χ2n) is 3.03. The molecule has 2 aromatic rings. The van der Waals surface area contributed by atoms with E-state index < -0.39 is 0 Å². The van der Waals surface area contributed by atoms with Gasteiger partial charge in [-0.1, -0.05) is 30.3 Å². The third-order valence-corrected chi connectivity index (χ3v) is 2.51. The smallest absolute Gasteiger partial charge is 0.128 e. The zero-order valence-corrected chi connectivity index (χ0v) is 9.53. The maximum absolute atomic E-state index is 4.34. The number of benzene rings is 1. The third-order valence-electron chi connectivity index (χ3n) is 2.12. The number of rotatable bonds is 2. The Morgan fingerprint density at radius 3 is 2.64 bits per heavy atom. The van der Waals surface area contributed by atoms with E-state index in [4.69, 9.17) is 0 Å². The van der Waals surface area contributed by atoms with Crippen molar-refractivity contribution in [2.24, 2.45) is 0 Å². The first-order valence-corrected chi connectivity index (χ1v) is 5.39. The summed E-state index contributed by atoms with van der Waals surface area (Å²) in [5, 5.41) is 4.34. The summed E-state index contributed by atoms with van der Waals surface area (Å²) in [7, 11) is 0. The highest BCUT2D eigenvalue weighted by atomic mass is 79.9. The predicted octanol–water partition coefficient (Wildman–Crippen LogP) is 3.33. The molecule has 0 saturated heterocycles. The summed E-state index contributed by atoms with van der Waals surface area (Å²) in [6.45, 7) is 2.97. The molecule has 0 fully saturated rings. The standard InChI is InChI=1S/C11H11BrN2/c1-2-14-10(8-11(12)13-14)9-6-4-3-5-7-9/h3-8H,2H2,1H3. The molecule has 0 amide bonds. The molecular weight excluding hydrogens is 240 g/mol. The molecule has 1 heterocycles. The molecular formula is C11H11BrN2. The van der Waals surface area contributed by atoms with E-state index in [0.29, 0.717) is 0 Å². The zero-order valence-electron chi connectivity index (χ0n) is 7.94. The molecule has 2 nitrogen and oxygen atoms in total. The highest BCUT2D eigenvalue weighted by Crippen LogP contribution is 2.22. The maximum atomic E-state index is 4.34. The molecule has 0 radical (unpaired) electrons. The summed E-state index contributed by atoms with van der Waals surface area (Å²) < 4.78 is 2.87. The summed E-state index contributed by atoms with van der Waals surface area (Å²) >= 11 is 3.39. The quantitative estimate of drug-likeness (QED) is 0.800. The fraction of sp³-hybridized carbons (Fsp3) is 0.182. The molecule has 2 rings (SSSR count). The third kappa shape index (κ3) is 1.73. The fourth-order valence-corrected chi connectivity index (χ4v) is 1.88. The second-order valence-corrected chi connectivity index (χ2v) is 3.85. The van der Waals surface area contributed by atoms with Crippen LogP contribution in [0, 0.1) is 0 Å². The van der Waals surface area contributed by atoms with Gasteiger partial charge in [0.25, 0.3) is 0 Å². The van der Waals surface area contributed by atoms with Crippen molar-refractivity contribution >= 4 is 15.9 Å². The van der Waals surface area contributed by atoms with Gasteiger partial charge in [-0.3, -0.25) is 4.68 Å². The largest absolute Gasteiger partial charge is 0.264 e. The average molecular weight is 251 g/mol. The SMILES string of the molecule is CCn1nc(Br)cc1-c1ccccc1. The molecule has 14 heavy (non-hydrogen) atoms. The lowest BCUT2D eigenvalue weighted by Gasteiger charge is -2.03. The average Bonchev–Trinajstić information content (AvgIpc) is 2.61. The predicted molar refractivity (Wildman–Crippen MR) is 61.0 cm³/mol. The van der Waals surface area contributed by atoms with Crippen LogP contribution in [0.25, 0.3) is 11.3 Å². The van der Waals surface area contributed by atoms with Gasteiger partial charge in [0.15, 0.2) is 0 Å².